The van der Waals surface area contributed by atoms with E-state index in [-0.39, 0.29) is 6.61 Å². The maximum atomic E-state index is 10.5. The highest BCUT2D eigenvalue weighted by Gasteiger charge is 1.97. The fourth-order valence-corrected chi connectivity index (χ4v) is 0.881. The number of pyridine rings is 2. The lowest BCUT2D eigenvalue weighted by molar-refractivity contribution is -0.139. The number of hydrogen-bond acceptors (Lipinski definition) is 5. The van der Waals surface area contributed by atoms with Gasteiger partial charge in [0.25, 0.3) is 0 Å². The van der Waals surface area contributed by atoms with Crippen molar-refractivity contribution in [2.75, 3.05) is 13.3 Å². The van der Waals surface area contributed by atoms with Crippen LogP contribution in [0.3, 0.4) is 0 Å². The van der Waals surface area contributed by atoms with Gasteiger partial charge in [-0.1, -0.05) is 12.1 Å². The van der Waals surface area contributed by atoms with Crippen molar-refractivity contribution < 1.29 is 28.9 Å². The minimum Gasteiger partial charge on any atom is -0.479 e. The Morgan fingerprint density at radius 2 is 1.59 bits per heavy atom. The van der Waals surface area contributed by atoms with Crippen LogP contribution in [0, 0.1) is 0 Å². The molecule has 7 nitrogen and oxygen atoms in total. The van der Waals surface area contributed by atoms with Crippen molar-refractivity contribution in [3.63, 3.8) is 0 Å². The molecule has 0 saturated carbocycles. The van der Waals surface area contributed by atoms with E-state index in [1.54, 1.807) is 30.6 Å². The zero-order chi connectivity index (χ0) is 16.6. The van der Waals surface area contributed by atoms with Gasteiger partial charge in [0.1, 0.15) is 0 Å². The van der Waals surface area contributed by atoms with Crippen molar-refractivity contribution in [2.24, 2.45) is 0 Å². The van der Waals surface area contributed by atoms with E-state index < -0.39 is 18.6 Å². The van der Waals surface area contributed by atoms with E-state index in [0.717, 1.165) is 0 Å². The molecule has 22 heavy (non-hydrogen) atoms. The van der Waals surface area contributed by atoms with Gasteiger partial charge in [-0.3, -0.25) is 4.98 Å². The number of hydrogen-bond donors (Lipinski definition) is 2. The number of carboxylic acids is 2. The molecule has 2 N–H and O–H groups in total. The summed E-state index contributed by atoms with van der Waals surface area (Å²) in [5.74, 6) is -2.09. The van der Waals surface area contributed by atoms with E-state index >= 15 is 0 Å². The van der Waals surface area contributed by atoms with Gasteiger partial charge < -0.3 is 14.9 Å². The summed E-state index contributed by atoms with van der Waals surface area (Å²) in [4.78, 5) is 26.6. The van der Waals surface area contributed by atoms with E-state index in [1.807, 2.05) is 18.2 Å². The third-order valence-corrected chi connectivity index (χ3v) is 1.66. The number of rotatable bonds is 4. The van der Waals surface area contributed by atoms with Gasteiger partial charge in [-0.05, 0) is 18.2 Å². The first-order valence-corrected chi connectivity index (χ1v) is 5.94. The number of carbonyl (C=O) groups is 2. The molecular formula is C14H15FN2O5. The third-order valence-electron chi connectivity index (χ3n) is 1.66. The van der Waals surface area contributed by atoms with E-state index in [9.17, 15) is 9.18 Å². The van der Waals surface area contributed by atoms with Gasteiger partial charge in [-0.15, -0.1) is 0 Å². The Morgan fingerprint density at radius 3 is 1.91 bits per heavy atom. The van der Waals surface area contributed by atoms with Crippen molar-refractivity contribution in [3.05, 3.63) is 55.0 Å². The van der Waals surface area contributed by atoms with E-state index in [1.165, 1.54) is 6.20 Å². The van der Waals surface area contributed by atoms with Gasteiger partial charge >= 0.3 is 11.9 Å². The lowest BCUT2D eigenvalue weighted by atomic mass is 10.5. The Labute approximate surface area is 126 Å². The van der Waals surface area contributed by atoms with Crippen LogP contribution in [0.2, 0.25) is 0 Å². The first-order chi connectivity index (χ1) is 10.6. The van der Waals surface area contributed by atoms with E-state index in [0.29, 0.717) is 5.88 Å². The summed E-state index contributed by atoms with van der Waals surface area (Å²) in [6.07, 6.45) is 5.04. The molecule has 0 aliphatic carbocycles. The summed E-state index contributed by atoms with van der Waals surface area (Å²) in [5, 5.41) is 15.6. The Kier molecular flexibility index (Phi) is 11.2. The van der Waals surface area contributed by atoms with Crippen molar-refractivity contribution in [2.45, 2.75) is 0 Å². The van der Waals surface area contributed by atoms with Crippen LogP contribution in [-0.4, -0.2) is 45.4 Å². The number of aromatic nitrogens is 2. The molecule has 0 aliphatic rings. The second kappa shape index (κ2) is 13.0. The van der Waals surface area contributed by atoms with Gasteiger partial charge in [-0.25, -0.2) is 19.0 Å². The van der Waals surface area contributed by atoms with Crippen LogP contribution in [0.25, 0.3) is 0 Å². The summed E-state index contributed by atoms with van der Waals surface area (Å²) in [5.41, 5.74) is 0. The topological polar surface area (TPSA) is 110 Å². The standard InChI is InChI=1S/C7H7NO3.C5H5N.C2H3FO2/c9-7(10)5-11-6-3-1-2-4-8-6;1-2-4-6-5-3-1;3-1-2(4)5/h1-4H,5H2,(H,9,10);1-5H;1H2,(H,4,5). The van der Waals surface area contributed by atoms with Crippen molar-refractivity contribution in [1.82, 2.24) is 9.97 Å². The van der Waals surface area contributed by atoms with Crippen LogP contribution >= 0.6 is 0 Å². The molecule has 2 aromatic heterocycles. The highest BCUT2D eigenvalue weighted by molar-refractivity contribution is 5.68. The zero-order valence-corrected chi connectivity index (χ0v) is 11.5. The molecule has 0 fully saturated rings. The predicted octanol–water partition coefficient (Wildman–Crippen LogP) is 1.67. The summed E-state index contributed by atoms with van der Waals surface area (Å²) in [7, 11) is 0. The molecule has 0 unspecified atom stereocenters. The molecule has 0 saturated heterocycles. The molecule has 0 aromatic carbocycles. The highest BCUT2D eigenvalue weighted by Crippen LogP contribution is 2.01. The van der Waals surface area contributed by atoms with Crippen LogP contribution in [-0.2, 0) is 9.59 Å². The molecule has 2 rings (SSSR count). The average molecular weight is 310 g/mol. The Balaban J connectivity index is 0.000000338. The number of ether oxygens (including phenoxy) is 1. The summed E-state index contributed by atoms with van der Waals surface area (Å²) in [6.45, 7) is -1.63. The number of halogens is 1. The van der Waals surface area contributed by atoms with Crippen molar-refractivity contribution in [3.8, 4) is 5.88 Å². The first kappa shape index (κ1) is 19.0. The van der Waals surface area contributed by atoms with Crippen LogP contribution in [0.4, 0.5) is 4.39 Å². The van der Waals surface area contributed by atoms with Gasteiger partial charge in [0.05, 0.1) is 0 Å². The molecular weight excluding hydrogens is 295 g/mol. The molecule has 8 heteroatoms. The SMILES string of the molecule is O=C(O)CF.O=C(O)COc1ccccn1.c1ccncc1. The minimum atomic E-state index is -1.41. The molecule has 0 atom stereocenters. The van der Waals surface area contributed by atoms with E-state index in [4.69, 9.17) is 19.7 Å². The van der Waals surface area contributed by atoms with E-state index in [2.05, 4.69) is 9.97 Å². The average Bonchev–Trinajstić information content (AvgIpc) is 2.56. The highest BCUT2D eigenvalue weighted by atomic mass is 19.1. The van der Waals surface area contributed by atoms with Crippen molar-refractivity contribution in [1.29, 1.82) is 0 Å². The number of alkyl halides is 1. The quantitative estimate of drug-likeness (QED) is 0.883. The molecule has 0 radical (unpaired) electrons. The normalized spacial score (nSPS) is 8.41. The van der Waals surface area contributed by atoms with Crippen LogP contribution < -0.4 is 4.74 Å². The van der Waals surface area contributed by atoms with Crippen LogP contribution in [0.15, 0.2) is 55.0 Å². The zero-order valence-electron chi connectivity index (χ0n) is 11.5. The molecule has 0 amide bonds. The minimum absolute atomic E-state index is 0.329. The molecule has 0 spiro atoms. The monoisotopic (exact) mass is 310 g/mol. The second-order valence-corrected chi connectivity index (χ2v) is 3.40. The molecule has 0 aliphatic heterocycles. The molecule has 2 aromatic rings. The smallest absolute Gasteiger partial charge is 0.341 e. The van der Waals surface area contributed by atoms with Gasteiger partial charge in [-0.2, -0.15) is 0 Å². The maximum Gasteiger partial charge on any atom is 0.341 e. The number of nitrogens with zero attached hydrogens (tertiary/aromatic N) is 2. The molecule has 118 valence electrons. The second-order valence-electron chi connectivity index (χ2n) is 3.40. The predicted molar refractivity (Wildman–Crippen MR) is 75.2 cm³/mol. The van der Waals surface area contributed by atoms with Crippen molar-refractivity contribution >= 4 is 11.9 Å². The Hall–Kier alpha value is -3.03. The fraction of sp³-hybridized carbons (Fsp3) is 0.143. The largest absolute Gasteiger partial charge is 0.479 e. The summed E-state index contributed by atoms with van der Waals surface area (Å²) < 4.78 is 15.3. The van der Waals surface area contributed by atoms with Gasteiger partial charge in [0, 0.05) is 24.7 Å². The molecule has 2 heterocycles. The van der Waals surface area contributed by atoms with Gasteiger partial charge in [0.15, 0.2) is 13.3 Å². The van der Waals surface area contributed by atoms with Gasteiger partial charge in [0.2, 0.25) is 5.88 Å². The Morgan fingerprint density at radius 1 is 1.00 bits per heavy atom. The maximum absolute atomic E-state index is 10.5. The number of carboxylic acid groups (broad SMARTS) is 2. The lowest BCUT2D eigenvalue weighted by Crippen LogP contribution is -2.09. The summed E-state index contributed by atoms with van der Waals surface area (Å²) in [6, 6.07) is 10.8. The third kappa shape index (κ3) is 13.4. The van der Waals surface area contributed by atoms with Crippen LogP contribution in [0.1, 0.15) is 0 Å². The van der Waals surface area contributed by atoms with Crippen LogP contribution in [0.5, 0.6) is 5.88 Å². The lowest BCUT2D eigenvalue weighted by Gasteiger charge is -1.98. The Bertz CT molecular complexity index is 499. The number of aliphatic carboxylic acids is 2. The fourth-order valence-electron chi connectivity index (χ4n) is 0.881. The summed E-state index contributed by atoms with van der Waals surface area (Å²) >= 11 is 0. The molecule has 0 bridgehead atoms. The first-order valence-electron chi connectivity index (χ1n) is 5.94.